The maximum atomic E-state index is 14.2. The Hall–Kier alpha value is -0.450. The van der Waals surface area contributed by atoms with Gasteiger partial charge in [-0.1, -0.05) is 19.1 Å². The Morgan fingerprint density at radius 3 is 2.80 bits per heavy atom. The zero-order valence-corrected chi connectivity index (χ0v) is 13.7. The van der Waals surface area contributed by atoms with Gasteiger partial charge in [0.1, 0.15) is 5.82 Å². The molecule has 1 aliphatic rings. The second-order valence-electron chi connectivity index (χ2n) is 5.40. The van der Waals surface area contributed by atoms with Crippen LogP contribution in [0.1, 0.15) is 44.7 Å². The number of ether oxygens (including phenoxy) is 1. The van der Waals surface area contributed by atoms with E-state index in [4.69, 9.17) is 4.74 Å². The van der Waals surface area contributed by atoms with Crippen molar-refractivity contribution in [2.45, 2.75) is 45.3 Å². The van der Waals surface area contributed by atoms with Crippen molar-refractivity contribution in [3.05, 3.63) is 34.1 Å². The summed E-state index contributed by atoms with van der Waals surface area (Å²) in [6, 6.07) is 5.61. The summed E-state index contributed by atoms with van der Waals surface area (Å²) in [5.74, 6) is 0.494. The maximum Gasteiger partial charge on any atom is 0.142 e. The van der Waals surface area contributed by atoms with Gasteiger partial charge in [-0.05, 0) is 60.6 Å². The molecule has 1 aliphatic carbocycles. The van der Waals surface area contributed by atoms with Gasteiger partial charge in [0.15, 0.2) is 0 Å². The van der Waals surface area contributed by atoms with E-state index in [-0.39, 0.29) is 11.9 Å². The molecule has 0 aliphatic heterocycles. The first kappa shape index (κ1) is 15.9. The average Bonchev–Trinajstić information content (AvgIpc) is 2.39. The minimum absolute atomic E-state index is 0.0880. The Balaban J connectivity index is 1.99. The molecular formula is C16H23BrFNO. The van der Waals surface area contributed by atoms with Crippen molar-refractivity contribution in [2.75, 3.05) is 13.2 Å². The fourth-order valence-electron chi connectivity index (χ4n) is 2.93. The van der Waals surface area contributed by atoms with E-state index < -0.39 is 0 Å². The molecule has 2 nitrogen and oxygen atoms in total. The van der Waals surface area contributed by atoms with Gasteiger partial charge in [0, 0.05) is 18.2 Å². The van der Waals surface area contributed by atoms with Gasteiger partial charge in [-0.2, -0.15) is 0 Å². The molecule has 1 aromatic rings. The summed E-state index contributed by atoms with van der Waals surface area (Å²) >= 11 is 3.27. The van der Waals surface area contributed by atoms with E-state index in [0.29, 0.717) is 16.5 Å². The molecule has 20 heavy (non-hydrogen) atoms. The van der Waals surface area contributed by atoms with Crippen LogP contribution in [-0.2, 0) is 4.74 Å². The molecule has 1 atom stereocenters. The minimum Gasteiger partial charge on any atom is -0.378 e. The third kappa shape index (κ3) is 3.80. The van der Waals surface area contributed by atoms with Crippen LogP contribution in [0, 0.1) is 11.7 Å². The second kappa shape index (κ2) is 7.53. The lowest BCUT2D eigenvalue weighted by Crippen LogP contribution is -2.35. The molecular weight excluding hydrogens is 321 g/mol. The zero-order valence-electron chi connectivity index (χ0n) is 12.2. The van der Waals surface area contributed by atoms with E-state index in [9.17, 15) is 4.39 Å². The molecule has 0 radical (unpaired) electrons. The Labute approximate surface area is 129 Å². The van der Waals surface area contributed by atoms with Gasteiger partial charge in [-0.3, -0.25) is 0 Å². The first-order chi connectivity index (χ1) is 9.65. The summed E-state index contributed by atoms with van der Waals surface area (Å²) in [5, 5.41) is 3.41. The van der Waals surface area contributed by atoms with Gasteiger partial charge in [0.05, 0.1) is 10.6 Å². The molecule has 0 bridgehead atoms. The van der Waals surface area contributed by atoms with Gasteiger partial charge in [-0.15, -0.1) is 0 Å². The molecule has 1 saturated carbocycles. The fraction of sp³-hybridized carbons (Fsp3) is 0.625. The van der Waals surface area contributed by atoms with E-state index >= 15 is 0 Å². The number of nitrogens with one attached hydrogen (secondary N) is 1. The summed E-state index contributed by atoms with van der Waals surface area (Å²) in [6.07, 6.45) is 3.60. The largest absolute Gasteiger partial charge is 0.378 e. The Morgan fingerprint density at radius 1 is 1.40 bits per heavy atom. The van der Waals surface area contributed by atoms with Crippen molar-refractivity contribution in [2.24, 2.45) is 5.92 Å². The molecule has 1 unspecified atom stereocenters. The smallest absolute Gasteiger partial charge is 0.142 e. The van der Waals surface area contributed by atoms with Crippen molar-refractivity contribution >= 4 is 15.9 Å². The number of hydrogen-bond donors (Lipinski definition) is 1. The number of benzene rings is 1. The number of halogens is 2. The van der Waals surface area contributed by atoms with Crippen LogP contribution in [0.3, 0.4) is 0 Å². The third-order valence-corrected chi connectivity index (χ3v) is 4.58. The van der Waals surface area contributed by atoms with Crippen molar-refractivity contribution in [1.29, 1.82) is 0 Å². The normalized spacial score (nSPS) is 23.4. The third-order valence-electron chi connectivity index (χ3n) is 3.97. The molecule has 0 amide bonds. The molecule has 0 spiro atoms. The summed E-state index contributed by atoms with van der Waals surface area (Å²) in [6.45, 7) is 5.73. The van der Waals surface area contributed by atoms with Gasteiger partial charge >= 0.3 is 0 Å². The zero-order chi connectivity index (χ0) is 14.5. The van der Waals surface area contributed by atoms with Crippen LogP contribution in [0.2, 0.25) is 0 Å². The van der Waals surface area contributed by atoms with Gasteiger partial charge in [0.25, 0.3) is 0 Å². The predicted octanol–water partition coefficient (Wildman–Crippen LogP) is 4.44. The Kier molecular flexibility index (Phi) is 6.00. The average molecular weight is 344 g/mol. The number of hydrogen-bond acceptors (Lipinski definition) is 2. The van der Waals surface area contributed by atoms with E-state index in [0.717, 1.165) is 38.0 Å². The summed E-state index contributed by atoms with van der Waals surface area (Å²) in [7, 11) is 0. The van der Waals surface area contributed by atoms with Gasteiger partial charge < -0.3 is 10.1 Å². The van der Waals surface area contributed by atoms with Crippen LogP contribution in [-0.4, -0.2) is 19.3 Å². The van der Waals surface area contributed by atoms with Crippen LogP contribution >= 0.6 is 15.9 Å². The molecule has 0 aromatic heterocycles. The molecule has 2 rings (SSSR count). The minimum atomic E-state index is -0.140. The van der Waals surface area contributed by atoms with Crippen molar-refractivity contribution in [1.82, 2.24) is 5.32 Å². The van der Waals surface area contributed by atoms with Crippen LogP contribution in [0.25, 0.3) is 0 Å². The van der Waals surface area contributed by atoms with Crippen molar-refractivity contribution < 1.29 is 9.13 Å². The highest BCUT2D eigenvalue weighted by Gasteiger charge is 2.32. The van der Waals surface area contributed by atoms with E-state index in [1.807, 2.05) is 19.1 Å². The monoisotopic (exact) mass is 343 g/mol. The molecule has 0 heterocycles. The number of rotatable bonds is 7. The summed E-state index contributed by atoms with van der Waals surface area (Å²) < 4.78 is 20.4. The topological polar surface area (TPSA) is 21.3 Å². The Morgan fingerprint density at radius 2 is 2.15 bits per heavy atom. The second-order valence-corrected chi connectivity index (χ2v) is 6.26. The van der Waals surface area contributed by atoms with E-state index in [1.165, 1.54) is 0 Å². The van der Waals surface area contributed by atoms with Crippen LogP contribution in [0.5, 0.6) is 0 Å². The van der Waals surface area contributed by atoms with Crippen LogP contribution < -0.4 is 5.32 Å². The molecule has 4 heteroatoms. The van der Waals surface area contributed by atoms with E-state index in [1.54, 1.807) is 6.07 Å². The van der Waals surface area contributed by atoms with Crippen LogP contribution in [0.15, 0.2) is 22.7 Å². The SMILES string of the molecule is CCNC(CC1CC(OCC)C1)c1cccc(Br)c1F. The standard InChI is InChI=1S/C16H23BrFNO/c1-3-19-15(10-11-8-12(9-11)20-4-2)13-6-5-7-14(17)16(13)18/h5-7,11-12,15,19H,3-4,8-10H2,1-2H3. The molecule has 1 aromatic carbocycles. The highest BCUT2D eigenvalue weighted by molar-refractivity contribution is 9.10. The summed E-state index contributed by atoms with van der Waals surface area (Å²) in [5.41, 5.74) is 0.765. The fourth-order valence-corrected chi connectivity index (χ4v) is 3.31. The summed E-state index contributed by atoms with van der Waals surface area (Å²) in [4.78, 5) is 0. The Bertz CT molecular complexity index is 434. The lowest BCUT2D eigenvalue weighted by atomic mass is 9.77. The van der Waals surface area contributed by atoms with Gasteiger partial charge in [-0.25, -0.2) is 4.39 Å². The molecule has 0 saturated heterocycles. The van der Waals surface area contributed by atoms with Crippen molar-refractivity contribution in [3.63, 3.8) is 0 Å². The van der Waals surface area contributed by atoms with E-state index in [2.05, 4.69) is 28.2 Å². The molecule has 112 valence electrons. The highest BCUT2D eigenvalue weighted by atomic mass is 79.9. The quantitative estimate of drug-likeness (QED) is 0.789. The molecule has 1 N–H and O–H groups in total. The predicted molar refractivity (Wildman–Crippen MR) is 83.3 cm³/mol. The first-order valence-electron chi connectivity index (χ1n) is 7.44. The van der Waals surface area contributed by atoms with Crippen molar-refractivity contribution in [3.8, 4) is 0 Å². The van der Waals surface area contributed by atoms with Gasteiger partial charge in [0.2, 0.25) is 0 Å². The lowest BCUT2D eigenvalue weighted by molar-refractivity contribution is -0.0291. The molecule has 1 fully saturated rings. The lowest BCUT2D eigenvalue weighted by Gasteiger charge is -2.37. The first-order valence-corrected chi connectivity index (χ1v) is 8.23. The highest BCUT2D eigenvalue weighted by Crippen LogP contribution is 2.38. The maximum absolute atomic E-state index is 14.2. The van der Waals surface area contributed by atoms with Crippen LogP contribution in [0.4, 0.5) is 4.39 Å².